The molecule has 0 aliphatic heterocycles. The average molecular weight is 1970 g/mol. The van der Waals surface area contributed by atoms with Gasteiger partial charge in [0.1, 0.15) is 11.3 Å². The van der Waals surface area contributed by atoms with E-state index in [2.05, 4.69) is 90.9 Å². The summed E-state index contributed by atoms with van der Waals surface area (Å²) < 4.78 is 83.1. The van der Waals surface area contributed by atoms with Gasteiger partial charge < -0.3 is 58.0 Å². The lowest BCUT2D eigenvalue weighted by Crippen LogP contribution is -2.30. The number of benzene rings is 6. The van der Waals surface area contributed by atoms with E-state index in [0.29, 0.717) is 44.7 Å². The highest BCUT2D eigenvalue weighted by molar-refractivity contribution is 5.99. The number of hydrogen-bond acceptors (Lipinski definition) is 18. The molecule has 6 aromatic heterocycles. The zero-order chi connectivity index (χ0) is 106. The first-order valence-corrected chi connectivity index (χ1v) is 46.2. The number of aliphatic hydroxyl groups is 6. The molecular weight excluding hydrogens is 1850 g/mol. The second-order valence-electron chi connectivity index (χ2n) is 42.4. The third kappa shape index (κ3) is 27.8. The number of amides is 6. The van der Waals surface area contributed by atoms with Gasteiger partial charge >= 0.3 is 0 Å². The van der Waals surface area contributed by atoms with Crippen LogP contribution in [0.2, 0.25) is 0 Å². The van der Waals surface area contributed by atoms with Crippen molar-refractivity contribution < 1.29 is 81.4 Å². The number of halogens is 5. The van der Waals surface area contributed by atoms with Crippen LogP contribution in [0, 0.1) is 68.5 Å². The van der Waals surface area contributed by atoms with Gasteiger partial charge in [0.15, 0.2) is 34.6 Å². The highest BCUT2D eigenvalue weighted by Crippen LogP contribution is 2.45. The van der Waals surface area contributed by atoms with E-state index < -0.39 is 85.6 Å². The Morgan fingerprint density at radius 1 is 0.308 bits per heavy atom. The number of fused-ring (bicyclic) bond motifs is 6. The first-order chi connectivity index (χ1) is 66.3. The van der Waals surface area contributed by atoms with Gasteiger partial charge in [-0.05, 0) is 252 Å². The molecule has 3 fully saturated rings. The summed E-state index contributed by atoms with van der Waals surface area (Å²) >= 11 is 0. The van der Waals surface area contributed by atoms with E-state index in [0.717, 1.165) is 69.4 Å². The number of carbonyl (C=O) groups is 6. The van der Waals surface area contributed by atoms with Crippen LogP contribution in [0.5, 0.6) is 0 Å². The zero-order valence-electron chi connectivity index (χ0n) is 83.9. The van der Waals surface area contributed by atoms with Gasteiger partial charge in [-0.1, -0.05) is 30.3 Å². The first kappa shape index (κ1) is 110. The third-order valence-electron chi connectivity index (χ3n) is 22.5. The topological polar surface area (TPSA) is 429 Å². The molecule has 0 radical (unpaired) electrons. The Bertz CT molecular complexity index is 6840. The summed E-state index contributed by atoms with van der Waals surface area (Å²) in [5.41, 5.74) is -3.32. The fourth-order valence-electron chi connectivity index (χ4n) is 16.1. The maximum atomic E-state index is 14.7. The second-order valence-corrected chi connectivity index (χ2v) is 42.4. The molecule has 3 aliphatic carbocycles. The minimum Gasteiger partial charge on any atom is -0.390 e. The predicted octanol–water partition coefficient (Wildman–Crippen LogP) is 21.3. The second kappa shape index (κ2) is 43.0. The van der Waals surface area contributed by atoms with E-state index in [1.54, 1.807) is 127 Å². The molecule has 3 aliphatic rings. The van der Waals surface area contributed by atoms with E-state index in [-0.39, 0.29) is 172 Å². The highest BCUT2D eigenvalue weighted by atomic mass is 19.1. The molecule has 6 heterocycles. The van der Waals surface area contributed by atoms with Crippen molar-refractivity contribution in [2.24, 2.45) is 0 Å². The standard InChI is InChI=1S/3C17H19FN4O2.2C17H21FN4O2.C17H22N4O2/c1-17(2,24)9-14(23)20-16-21-15-12(18)7-10(19-3)8-13(15)22(16)11-5-4-6-11;2*1-17(2,24)9-13(23)21-16-20-12-8-7-11(19-3)14(18)15(12)22(16)10-5-4-6-10;2*1-16(2,3)22-14-11(8-7-10(19-6)13(14)18)20-15(22)21-12(23)9-17(4,5)24;1-16(2,3)21-13-9-11(18-6)7-8-12(13)19-15(21)20-14(22)10-17(4,5)23/h7-8,11,24H,4-6,9H2,1-2H3,(H,20,21,23);2*7-8,10,24H,4-6,9H2,1-2H3,(H,20,21,23);2*7-8,24H,9H2,1-5H3,(H,20,21,23);7-9,23H,10H2,1-5H3,(H,19,20,22). The average Bonchev–Trinajstić information content (AvgIpc) is 1.63. The summed E-state index contributed by atoms with van der Waals surface area (Å²) in [6, 6.07) is 20.1. The SMILES string of the molecule is [C-]#[N+]c1cc(F)c2nc(NC(=O)CC(C)(C)O)n(C3CCC3)c2c1.[C-]#[N+]c1ccc2nc(NC(=O)CC(C)(C)O)n(C(C)(C)C)c2c1.[C-]#[N+]c1ccc2nc(NC(=O)CC(C)(C)O)n(C(C)(C)C)c2c1F.[C-]#[N+]c1ccc2nc(NC(=O)CC(C)(C)O)n(C(C)(C)C)c2c1F.[C-]#[N+]c1ccc2nc(NC(=O)CC(C)(C)O)n(C3CCC3)c2c1F.[C-]#[N+]c1ccc2nc(NC(=O)CC(C)(C)O)n(C3CCC3)c2c1F. The molecule has 0 bridgehead atoms. The lowest BCUT2D eigenvalue weighted by Gasteiger charge is -2.29. The highest BCUT2D eigenvalue weighted by Gasteiger charge is 2.37. The van der Waals surface area contributed by atoms with Crippen molar-refractivity contribution in [3.8, 4) is 0 Å². The fraction of sp³-hybridized carbons (Fsp3) is 0.471. The molecule has 0 unspecified atom stereocenters. The van der Waals surface area contributed by atoms with Gasteiger partial charge in [-0.2, -0.15) is 0 Å². The Morgan fingerprint density at radius 3 is 0.825 bits per heavy atom. The number of hydrogen-bond donors (Lipinski definition) is 12. The van der Waals surface area contributed by atoms with Crippen molar-refractivity contribution in [2.75, 3.05) is 31.9 Å². The molecule has 12 aromatic rings. The van der Waals surface area contributed by atoms with Crippen molar-refractivity contribution in [3.05, 3.63) is 176 Å². The van der Waals surface area contributed by atoms with Crippen LogP contribution in [0.25, 0.3) is 95.3 Å². The van der Waals surface area contributed by atoms with Crippen LogP contribution in [-0.4, -0.2) is 157 Å². The maximum Gasteiger partial charge on any atom is 0.229 e. The van der Waals surface area contributed by atoms with Gasteiger partial charge in [0.05, 0.1) is 172 Å². The predicted molar refractivity (Wildman–Crippen MR) is 537 cm³/mol. The fourth-order valence-corrected chi connectivity index (χ4v) is 16.1. The van der Waals surface area contributed by atoms with Gasteiger partial charge in [0, 0.05) is 34.7 Å². The van der Waals surface area contributed by atoms with E-state index in [1.165, 1.54) is 52.0 Å². The van der Waals surface area contributed by atoms with E-state index in [9.17, 15) is 81.4 Å². The van der Waals surface area contributed by atoms with Crippen LogP contribution < -0.4 is 31.9 Å². The van der Waals surface area contributed by atoms with Crippen LogP contribution in [0.4, 0.5) is 91.8 Å². The first-order valence-electron chi connectivity index (χ1n) is 46.2. The summed E-state index contributed by atoms with van der Waals surface area (Å²) in [7, 11) is 0. The molecule has 143 heavy (non-hydrogen) atoms. The monoisotopic (exact) mass is 1970 g/mol. The maximum absolute atomic E-state index is 14.7. The van der Waals surface area contributed by atoms with Crippen LogP contribution in [-0.2, 0) is 45.4 Å². The van der Waals surface area contributed by atoms with Crippen LogP contribution in [0.15, 0.2) is 78.9 Å². The van der Waals surface area contributed by atoms with Crippen molar-refractivity contribution in [1.29, 1.82) is 0 Å². The Hall–Kier alpha value is -14.7. The molecule has 41 heteroatoms. The number of rotatable bonds is 21. The van der Waals surface area contributed by atoms with Crippen LogP contribution in [0.1, 0.15) is 260 Å². The largest absolute Gasteiger partial charge is 0.390 e. The van der Waals surface area contributed by atoms with Gasteiger partial charge in [0.25, 0.3) is 0 Å². The van der Waals surface area contributed by atoms with E-state index in [4.69, 9.17) is 39.4 Å². The van der Waals surface area contributed by atoms with Crippen LogP contribution >= 0.6 is 0 Å². The summed E-state index contributed by atoms with van der Waals surface area (Å²) in [4.78, 5) is 118. The summed E-state index contributed by atoms with van der Waals surface area (Å²) in [5.74, 6) is -3.81. The summed E-state index contributed by atoms with van der Waals surface area (Å²) in [6.45, 7) is 78.2. The van der Waals surface area contributed by atoms with Gasteiger partial charge in [-0.25, -0.2) is 80.9 Å². The number of nitrogens with one attached hydrogen (secondary N) is 6. The number of anilines is 6. The van der Waals surface area contributed by atoms with Gasteiger partial charge in [0.2, 0.25) is 93.9 Å². The molecular formula is C102H121F5N24O12. The molecule has 756 valence electrons. The minimum atomic E-state index is -1.16. The normalized spacial score (nSPS) is 13.7. The van der Waals surface area contributed by atoms with Crippen molar-refractivity contribution >= 4 is 171 Å². The van der Waals surface area contributed by atoms with E-state index >= 15 is 0 Å². The number of imidazole rings is 6. The van der Waals surface area contributed by atoms with Crippen molar-refractivity contribution in [2.45, 2.75) is 310 Å². The van der Waals surface area contributed by atoms with Crippen molar-refractivity contribution in [1.82, 2.24) is 57.3 Å². The third-order valence-corrected chi connectivity index (χ3v) is 22.5. The molecule has 0 saturated heterocycles. The minimum absolute atomic E-state index is 0.0202. The quantitative estimate of drug-likeness (QED) is 0.0235. The molecule has 6 amide bonds. The Balaban J connectivity index is 0.000000176. The zero-order valence-corrected chi connectivity index (χ0v) is 83.9. The lowest BCUT2D eigenvalue weighted by molar-refractivity contribution is -0.121. The molecule has 0 spiro atoms. The molecule has 12 N–H and O–H groups in total. The van der Waals surface area contributed by atoms with Gasteiger partial charge in [-0.3, -0.25) is 60.7 Å². The Morgan fingerprint density at radius 2 is 0.552 bits per heavy atom. The molecule has 0 atom stereocenters. The van der Waals surface area contributed by atoms with Gasteiger partial charge in [-0.15, -0.1) is 0 Å². The Kier molecular flexibility index (Phi) is 33.2. The lowest BCUT2D eigenvalue weighted by atomic mass is 9.92. The summed E-state index contributed by atoms with van der Waals surface area (Å²) in [5, 5.41) is 74.7. The van der Waals surface area contributed by atoms with Crippen molar-refractivity contribution in [3.63, 3.8) is 0 Å². The summed E-state index contributed by atoms with van der Waals surface area (Å²) in [6.07, 6.45) is 7.97. The molecule has 36 nitrogen and oxygen atoms in total. The smallest absolute Gasteiger partial charge is 0.229 e. The Labute approximate surface area is 824 Å². The number of carbonyl (C=O) groups excluding carboxylic acids is 6. The number of aromatic nitrogens is 12. The van der Waals surface area contributed by atoms with E-state index in [1.807, 2.05) is 66.9 Å². The van der Waals surface area contributed by atoms with Crippen LogP contribution in [0.3, 0.4) is 0 Å². The number of nitrogens with zero attached hydrogens (tertiary/aromatic N) is 18. The molecule has 3 saturated carbocycles. The molecule has 6 aromatic carbocycles. The molecule has 15 rings (SSSR count).